The van der Waals surface area contributed by atoms with Crippen LogP contribution in [0, 0.1) is 0 Å². The van der Waals surface area contributed by atoms with Crippen LogP contribution in [0.1, 0.15) is 29.8 Å². The first-order valence-electron chi connectivity index (χ1n) is 7.29. The molecule has 0 aromatic carbocycles. The van der Waals surface area contributed by atoms with Gasteiger partial charge in [0, 0.05) is 13.6 Å². The van der Waals surface area contributed by atoms with Crippen molar-refractivity contribution in [3.05, 3.63) is 23.2 Å². The van der Waals surface area contributed by atoms with E-state index in [0.29, 0.717) is 0 Å². The van der Waals surface area contributed by atoms with Crippen LogP contribution < -0.4 is 5.32 Å². The van der Waals surface area contributed by atoms with Gasteiger partial charge in [0.2, 0.25) is 0 Å². The Morgan fingerprint density at radius 3 is 2.95 bits per heavy atom. The first kappa shape index (κ1) is 13.6. The van der Waals surface area contributed by atoms with Gasteiger partial charge >= 0.3 is 0 Å². The number of nitrogens with zero attached hydrogens (tertiary/aromatic N) is 2. The Morgan fingerprint density at radius 1 is 1.40 bits per heavy atom. The highest BCUT2D eigenvalue weighted by Gasteiger charge is 2.14. The largest absolute Gasteiger partial charge is 0.351 e. The number of nitrogens with one attached hydrogen (secondary N) is 1. The highest BCUT2D eigenvalue weighted by Crippen LogP contribution is 2.23. The molecule has 0 aliphatic carbocycles. The maximum absolute atomic E-state index is 12.2. The topological polar surface area (TPSA) is 37.3 Å². The van der Waals surface area contributed by atoms with Crippen LogP contribution in [0.25, 0.3) is 10.2 Å². The molecule has 2 aromatic rings. The SMILES string of the molecule is Cn1c(C(=O)NCCCN2CCCC2)cc2sccc21. The molecule has 0 saturated carbocycles. The number of aromatic nitrogens is 1. The number of hydrogen-bond acceptors (Lipinski definition) is 3. The maximum atomic E-state index is 12.2. The van der Waals surface area contributed by atoms with E-state index in [1.54, 1.807) is 11.3 Å². The van der Waals surface area contributed by atoms with E-state index < -0.39 is 0 Å². The van der Waals surface area contributed by atoms with Gasteiger partial charge in [-0.05, 0) is 56.4 Å². The summed E-state index contributed by atoms with van der Waals surface area (Å²) >= 11 is 1.68. The molecule has 3 rings (SSSR count). The molecule has 1 aliphatic heterocycles. The lowest BCUT2D eigenvalue weighted by Crippen LogP contribution is -2.29. The van der Waals surface area contributed by atoms with Crippen molar-refractivity contribution in [2.45, 2.75) is 19.3 Å². The van der Waals surface area contributed by atoms with Crippen molar-refractivity contribution in [3.8, 4) is 0 Å². The number of carbonyl (C=O) groups is 1. The van der Waals surface area contributed by atoms with E-state index in [-0.39, 0.29) is 5.91 Å². The van der Waals surface area contributed by atoms with Gasteiger partial charge in [-0.3, -0.25) is 4.79 Å². The minimum atomic E-state index is 0.0392. The molecule has 1 N–H and O–H groups in total. The summed E-state index contributed by atoms with van der Waals surface area (Å²) in [6, 6.07) is 4.04. The fraction of sp³-hybridized carbons (Fsp3) is 0.533. The molecule has 4 nitrogen and oxygen atoms in total. The lowest BCUT2D eigenvalue weighted by atomic mass is 10.3. The van der Waals surface area contributed by atoms with Gasteiger partial charge in [-0.2, -0.15) is 0 Å². The standard InChI is InChI=1S/C15H21N3OS/c1-17-12-5-10-20-14(12)11-13(17)15(19)16-6-4-9-18-7-2-3-8-18/h5,10-11H,2-4,6-9H2,1H3,(H,16,19). The smallest absolute Gasteiger partial charge is 0.267 e. The third-order valence-electron chi connectivity index (χ3n) is 4.03. The van der Waals surface area contributed by atoms with E-state index in [4.69, 9.17) is 0 Å². The van der Waals surface area contributed by atoms with E-state index in [0.717, 1.165) is 30.7 Å². The Bertz CT molecular complexity index is 595. The van der Waals surface area contributed by atoms with E-state index in [1.165, 1.54) is 30.6 Å². The van der Waals surface area contributed by atoms with Crippen molar-refractivity contribution >= 4 is 27.5 Å². The molecule has 0 unspecified atom stereocenters. The van der Waals surface area contributed by atoms with Gasteiger partial charge in [0.1, 0.15) is 5.69 Å². The van der Waals surface area contributed by atoms with Crippen LogP contribution in [-0.2, 0) is 7.05 Å². The minimum absolute atomic E-state index is 0.0392. The number of amides is 1. The predicted octanol–water partition coefficient (Wildman–Crippen LogP) is 2.46. The van der Waals surface area contributed by atoms with E-state index in [1.807, 2.05) is 17.7 Å². The van der Waals surface area contributed by atoms with Crippen LogP contribution in [-0.4, -0.2) is 41.6 Å². The number of likely N-dealkylation sites (tertiary alicyclic amines) is 1. The van der Waals surface area contributed by atoms with Crippen LogP contribution >= 0.6 is 11.3 Å². The second kappa shape index (κ2) is 5.97. The summed E-state index contributed by atoms with van der Waals surface area (Å²) in [6.45, 7) is 4.31. The zero-order valence-corrected chi connectivity index (χ0v) is 12.7. The molecular formula is C15H21N3OS. The summed E-state index contributed by atoms with van der Waals surface area (Å²) in [4.78, 5) is 14.7. The molecule has 1 fully saturated rings. The number of hydrogen-bond donors (Lipinski definition) is 1. The number of thiophene rings is 1. The number of rotatable bonds is 5. The summed E-state index contributed by atoms with van der Waals surface area (Å²) in [5, 5.41) is 5.09. The Morgan fingerprint density at radius 2 is 2.20 bits per heavy atom. The van der Waals surface area contributed by atoms with Gasteiger partial charge in [-0.25, -0.2) is 0 Å². The minimum Gasteiger partial charge on any atom is -0.351 e. The molecule has 1 saturated heterocycles. The average molecular weight is 291 g/mol. The second-order valence-electron chi connectivity index (χ2n) is 5.42. The van der Waals surface area contributed by atoms with Crippen LogP contribution in [0.4, 0.5) is 0 Å². The van der Waals surface area contributed by atoms with E-state index in [9.17, 15) is 4.79 Å². The van der Waals surface area contributed by atoms with Crippen molar-refractivity contribution < 1.29 is 4.79 Å². The number of carbonyl (C=O) groups excluding carboxylic acids is 1. The number of fused-ring (bicyclic) bond motifs is 1. The molecule has 1 aliphatic rings. The quantitative estimate of drug-likeness (QED) is 0.859. The van der Waals surface area contributed by atoms with Gasteiger partial charge in [-0.1, -0.05) is 0 Å². The van der Waals surface area contributed by atoms with Crippen molar-refractivity contribution in [1.29, 1.82) is 0 Å². The molecule has 5 heteroatoms. The first-order chi connectivity index (χ1) is 9.75. The Kier molecular flexibility index (Phi) is 4.08. The van der Waals surface area contributed by atoms with E-state index in [2.05, 4.69) is 21.7 Å². The molecule has 0 spiro atoms. The Labute approximate surface area is 123 Å². The van der Waals surface area contributed by atoms with Crippen LogP contribution in [0.15, 0.2) is 17.5 Å². The summed E-state index contributed by atoms with van der Waals surface area (Å²) in [5.41, 5.74) is 1.89. The first-order valence-corrected chi connectivity index (χ1v) is 8.17. The van der Waals surface area contributed by atoms with Crippen molar-refractivity contribution in [1.82, 2.24) is 14.8 Å². The second-order valence-corrected chi connectivity index (χ2v) is 6.36. The predicted molar refractivity (Wildman–Crippen MR) is 83.4 cm³/mol. The zero-order chi connectivity index (χ0) is 13.9. The third kappa shape index (κ3) is 2.74. The maximum Gasteiger partial charge on any atom is 0.267 e. The van der Waals surface area contributed by atoms with Gasteiger partial charge in [0.15, 0.2) is 0 Å². The van der Waals surface area contributed by atoms with Crippen molar-refractivity contribution in [2.75, 3.05) is 26.2 Å². The highest BCUT2D eigenvalue weighted by molar-refractivity contribution is 7.17. The summed E-state index contributed by atoms with van der Waals surface area (Å²) < 4.78 is 3.15. The molecule has 0 radical (unpaired) electrons. The molecule has 108 valence electrons. The fourth-order valence-electron chi connectivity index (χ4n) is 2.87. The lowest BCUT2D eigenvalue weighted by Gasteiger charge is -2.14. The summed E-state index contributed by atoms with van der Waals surface area (Å²) in [5.74, 6) is 0.0392. The molecular weight excluding hydrogens is 270 g/mol. The highest BCUT2D eigenvalue weighted by atomic mass is 32.1. The monoisotopic (exact) mass is 291 g/mol. The Balaban J connectivity index is 1.51. The zero-order valence-electron chi connectivity index (χ0n) is 11.9. The van der Waals surface area contributed by atoms with Gasteiger partial charge in [-0.15, -0.1) is 11.3 Å². The van der Waals surface area contributed by atoms with Gasteiger partial charge < -0.3 is 14.8 Å². The van der Waals surface area contributed by atoms with Crippen LogP contribution in [0.2, 0.25) is 0 Å². The normalized spacial score (nSPS) is 16.1. The number of aryl methyl sites for hydroxylation is 1. The summed E-state index contributed by atoms with van der Waals surface area (Å²) in [7, 11) is 1.95. The van der Waals surface area contributed by atoms with Gasteiger partial charge in [0.05, 0.1) is 10.2 Å². The lowest BCUT2D eigenvalue weighted by molar-refractivity contribution is 0.0944. The van der Waals surface area contributed by atoms with Gasteiger partial charge in [0.25, 0.3) is 5.91 Å². The molecule has 3 heterocycles. The van der Waals surface area contributed by atoms with Crippen molar-refractivity contribution in [3.63, 3.8) is 0 Å². The molecule has 0 atom stereocenters. The molecule has 2 aromatic heterocycles. The van der Waals surface area contributed by atoms with E-state index >= 15 is 0 Å². The average Bonchev–Trinajstić information content (AvgIpc) is 3.14. The summed E-state index contributed by atoms with van der Waals surface area (Å²) in [6.07, 6.45) is 3.68. The fourth-order valence-corrected chi connectivity index (χ4v) is 3.72. The molecule has 20 heavy (non-hydrogen) atoms. The Hall–Kier alpha value is -1.33. The molecule has 1 amide bonds. The van der Waals surface area contributed by atoms with Crippen molar-refractivity contribution in [2.24, 2.45) is 7.05 Å². The molecule has 0 bridgehead atoms. The third-order valence-corrected chi connectivity index (χ3v) is 4.88. The van der Waals surface area contributed by atoms with Crippen LogP contribution in [0.3, 0.4) is 0 Å². The van der Waals surface area contributed by atoms with Crippen LogP contribution in [0.5, 0.6) is 0 Å².